The predicted octanol–water partition coefficient (Wildman–Crippen LogP) is 5.18. The van der Waals surface area contributed by atoms with E-state index >= 15 is 0 Å². The molecule has 4 nitrogen and oxygen atoms in total. The molecule has 0 aromatic heterocycles. The zero-order chi connectivity index (χ0) is 21.0. The Morgan fingerprint density at radius 2 is 1.86 bits per heavy atom. The number of hydrogen-bond acceptors (Lipinski definition) is 3. The highest BCUT2D eigenvalue weighted by molar-refractivity contribution is 5.81. The number of carbonyl (C=O) groups is 1. The Hall–Kier alpha value is -2.49. The summed E-state index contributed by atoms with van der Waals surface area (Å²) in [6.07, 6.45) is 2.03. The minimum absolute atomic E-state index is 0.0676. The first-order valence-corrected chi connectivity index (χ1v) is 10.7. The van der Waals surface area contributed by atoms with Gasteiger partial charge in [-0.2, -0.15) is 0 Å². The standard InChI is InChI=1S/C25H34N2O2/c1-17-8-13-24(19(3)15-17)29-21(5)25(28)26-20(4)22-9-11-23(12-10-22)27-14-6-7-18(2)16-27/h8-13,15,18,20-21H,6-7,14,16H2,1-5H3,(H,26,28)/t18-,20-,21+/m0/s1. The molecular formula is C25H34N2O2. The summed E-state index contributed by atoms with van der Waals surface area (Å²) in [6, 6.07) is 14.5. The normalized spacial score (nSPS) is 18.8. The van der Waals surface area contributed by atoms with E-state index < -0.39 is 6.10 Å². The zero-order valence-electron chi connectivity index (χ0n) is 18.4. The fraction of sp³-hybridized carbons (Fsp3) is 0.480. The largest absolute Gasteiger partial charge is 0.481 e. The Balaban J connectivity index is 1.57. The van der Waals surface area contributed by atoms with Gasteiger partial charge in [-0.3, -0.25) is 4.79 Å². The summed E-state index contributed by atoms with van der Waals surface area (Å²) in [7, 11) is 0. The first-order chi connectivity index (χ1) is 13.8. The lowest BCUT2D eigenvalue weighted by molar-refractivity contribution is -0.127. The molecule has 0 spiro atoms. The number of hydrogen-bond donors (Lipinski definition) is 1. The molecule has 156 valence electrons. The maximum Gasteiger partial charge on any atom is 0.261 e. The van der Waals surface area contributed by atoms with Gasteiger partial charge in [-0.05, 0) is 75.8 Å². The molecule has 1 aliphatic rings. The molecule has 1 heterocycles. The number of nitrogens with zero attached hydrogens (tertiary/aromatic N) is 1. The fourth-order valence-electron chi connectivity index (χ4n) is 3.99. The molecule has 29 heavy (non-hydrogen) atoms. The molecule has 0 radical (unpaired) electrons. The van der Waals surface area contributed by atoms with Crippen molar-refractivity contribution < 1.29 is 9.53 Å². The zero-order valence-corrected chi connectivity index (χ0v) is 18.4. The van der Waals surface area contributed by atoms with Crippen LogP contribution in [0.25, 0.3) is 0 Å². The van der Waals surface area contributed by atoms with Crippen LogP contribution < -0.4 is 15.0 Å². The number of ether oxygens (including phenoxy) is 1. The molecule has 0 unspecified atom stereocenters. The molecule has 0 saturated carbocycles. The summed E-state index contributed by atoms with van der Waals surface area (Å²) >= 11 is 0. The van der Waals surface area contributed by atoms with Crippen molar-refractivity contribution in [2.45, 2.75) is 59.6 Å². The molecule has 3 rings (SSSR count). The summed E-state index contributed by atoms with van der Waals surface area (Å²) in [6.45, 7) is 12.4. The second-order valence-electron chi connectivity index (χ2n) is 8.54. The molecule has 1 N–H and O–H groups in total. The van der Waals surface area contributed by atoms with E-state index in [0.29, 0.717) is 0 Å². The van der Waals surface area contributed by atoms with Crippen LogP contribution in [0.1, 0.15) is 56.3 Å². The van der Waals surface area contributed by atoms with Crippen LogP contribution in [0, 0.1) is 19.8 Å². The van der Waals surface area contributed by atoms with Gasteiger partial charge in [-0.1, -0.05) is 36.8 Å². The third-order valence-corrected chi connectivity index (χ3v) is 5.78. The Kier molecular flexibility index (Phi) is 6.83. The van der Waals surface area contributed by atoms with Gasteiger partial charge >= 0.3 is 0 Å². The molecule has 0 bridgehead atoms. The molecule has 1 amide bonds. The van der Waals surface area contributed by atoms with Gasteiger partial charge in [0.15, 0.2) is 6.10 Å². The van der Waals surface area contributed by atoms with E-state index in [9.17, 15) is 4.79 Å². The van der Waals surface area contributed by atoms with E-state index in [0.717, 1.165) is 35.9 Å². The minimum atomic E-state index is -0.548. The van der Waals surface area contributed by atoms with Crippen LogP contribution in [0.5, 0.6) is 5.75 Å². The summed E-state index contributed by atoms with van der Waals surface area (Å²) in [4.78, 5) is 15.1. The predicted molar refractivity (Wildman–Crippen MR) is 120 cm³/mol. The first kappa shape index (κ1) is 21.2. The van der Waals surface area contributed by atoms with E-state index in [1.165, 1.54) is 24.1 Å². The van der Waals surface area contributed by atoms with Crippen molar-refractivity contribution in [1.82, 2.24) is 5.32 Å². The Bertz CT molecular complexity index is 831. The van der Waals surface area contributed by atoms with E-state index in [2.05, 4.69) is 47.5 Å². The summed E-state index contributed by atoms with van der Waals surface area (Å²) in [5.74, 6) is 1.40. The smallest absolute Gasteiger partial charge is 0.261 e. The van der Waals surface area contributed by atoms with Gasteiger partial charge < -0.3 is 15.0 Å². The number of benzene rings is 2. The van der Waals surface area contributed by atoms with E-state index in [1.807, 2.05) is 32.9 Å². The Morgan fingerprint density at radius 3 is 2.52 bits per heavy atom. The van der Waals surface area contributed by atoms with Crippen LogP contribution in [0.15, 0.2) is 42.5 Å². The van der Waals surface area contributed by atoms with Gasteiger partial charge in [0, 0.05) is 18.8 Å². The third kappa shape index (κ3) is 5.53. The van der Waals surface area contributed by atoms with Gasteiger partial charge in [0.2, 0.25) is 0 Å². The highest BCUT2D eigenvalue weighted by atomic mass is 16.5. The summed E-state index contributed by atoms with van der Waals surface area (Å²) in [5.41, 5.74) is 4.60. The van der Waals surface area contributed by atoms with Gasteiger partial charge in [0.05, 0.1) is 6.04 Å². The number of amides is 1. The van der Waals surface area contributed by atoms with Crippen molar-refractivity contribution in [3.05, 3.63) is 59.2 Å². The quantitative estimate of drug-likeness (QED) is 0.733. The van der Waals surface area contributed by atoms with Gasteiger partial charge in [0.1, 0.15) is 5.75 Å². The van der Waals surface area contributed by atoms with Crippen molar-refractivity contribution in [2.75, 3.05) is 18.0 Å². The average Bonchev–Trinajstić information content (AvgIpc) is 2.70. The topological polar surface area (TPSA) is 41.6 Å². The fourth-order valence-corrected chi connectivity index (χ4v) is 3.99. The molecule has 0 aliphatic carbocycles. The number of aryl methyl sites for hydroxylation is 2. The number of carbonyl (C=O) groups excluding carboxylic acids is 1. The van der Waals surface area contributed by atoms with Crippen molar-refractivity contribution in [2.24, 2.45) is 5.92 Å². The average molecular weight is 395 g/mol. The van der Waals surface area contributed by atoms with Crippen molar-refractivity contribution in [3.63, 3.8) is 0 Å². The lowest BCUT2D eigenvalue weighted by atomic mass is 9.99. The molecule has 3 atom stereocenters. The van der Waals surface area contributed by atoms with Crippen molar-refractivity contribution >= 4 is 11.6 Å². The van der Waals surface area contributed by atoms with Gasteiger partial charge in [-0.15, -0.1) is 0 Å². The minimum Gasteiger partial charge on any atom is -0.481 e. The lowest BCUT2D eigenvalue weighted by Crippen LogP contribution is -2.38. The highest BCUT2D eigenvalue weighted by Crippen LogP contribution is 2.25. The number of nitrogens with one attached hydrogen (secondary N) is 1. The summed E-state index contributed by atoms with van der Waals surface area (Å²) < 4.78 is 5.89. The Morgan fingerprint density at radius 1 is 1.14 bits per heavy atom. The third-order valence-electron chi connectivity index (χ3n) is 5.78. The van der Waals surface area contributed by atoms with Crippen LogP contribution in [0.4, 0.5) is 5.69 Å². The highest BCUT2D eigenvalue weighted by Gasteiger charge is 2.20. The van der Waals surface area contributed by atoms with Crippen LogP contribution in [0.2, 0.25) is 0 Å². The lowest BCUT2D eigenvalue weighted by Gasteiger charge is -2.33. The molecule has 2 aromatic carbocycles. The van der Waals surface area contributed by atoms with Gasteiger partial charge in [-0.25, -0.2) is 0 Å². The molecule has 1 fully saturated rings. The van der Waals surface area contributed by atoms with E-state index in [4.69, 9.17) is 4.74 Å². The Labute approximate surface area is 175 Å². The molecule has 4 heteroatoms. The van der Waals surface area contributed by atoms with Gasteiger partial charge in [0.25, 0.3) is 5.91 Å². The van der Waals surface area contributed by atoms with Crippen molar-refractivity contribution in [1.29, 1.82) is 0 Å². The monoisotopic (exact) mass is 394 g/mol. The second-order valence-corrected chi connectivity index (χ2v) is 8.54. The molecule has 2 aromatic rings. The van der Waals surface area contributed by atoms with E-state index in [-0.39, 0.29) is 11.9 Å². The van der Waals surface area contributed by atoms with E-state index in [1.54, 1.807) is 6.92 Å². The first-order valence-electron chi connectivity index (χ1n) is 10.7. The van der Waals surface area contributed by atoms with Crippen LogP contribution in [-0.4, -0.2) is 25.1 Å². The van der Waals surface area contributed by atoms with Crippen molar-refractivity contribution in [3.8, 4) is 5.75 Å². The number of piperidine rings is 1. The number of rotatable bonds is 6. The van der Waals surface area contributed by atoms with Crippen LogP contribution in [0.3, 0.4) is 0 Å². The van der Waals surface area contributed by atoms with Crippen LogP contribution >= 0.6 is 0 Å². The molecular weight excluding hydrogens is 360 g/mol. The number of anilines is 1. The molecule has 1 aliphatic heterocycles. The maximum atomic E-state index is 12.6. The molecule has 1 saturated heterocycles. The SMILES string of the molecule is Cc1ccc(O[C@H](C)C(=O)N[C@@H](C)c2ccc(N3CCC[C@H](C)C3)cc2)c(C)c1. The van der Waals surface area contributed by atoms with Crippen LogP contribution in [-0.2, 0) is 4.79 Å². The summed E-state index contributed by atoms with van der Waals surface area (Å²) in [5, 5.41) is 3.08. The maximum absolute atomic E-state index is 12.6. The second kappa shape index (κ2) is 9.34.